The zero-order valence-corrected chi connectivity index (χ0v) is 15.2. The van der Waals surface area contributed by atoms with Crippen molar-refractivity contribution in [3.63, 3.8) is 0 Å². The normalized spacial score (nSPS) is 12.0. The van der Waals surface area contributed by atoms with E-state index in [1.165, 1.54) is 6.07 Å². The number of nitrogens with two attached hydrogens (primary N) is 1. The molecule has 0 radical (unpaired) electrons. The van der Waals surface area contributed by atoms with Gasteiger partial charge in [0.25, 0.3) is 0 Å². The summed E-state index contributed by atoms with van der Waals surface area (Å²) in [4.78, 5) is 12.2. The molecule has 0 aliphatic carbocycles. The maximum absolute atomic E-state index is 12.2. The molecule has 0 heterocycles. The van der Waals surface area contributed by atoms with Crippen molar-refractivity contribution in [1.29, 1.82) is 0 Å². The molecule has 0 aromatic heterocycles. The first-order valence-corrected chi connectivity index (χ1v) is 8.82. The number of carbonyl (C=O) groups excluding carboxylic acids is 1. The highest BCUT2D eigenvalue weighted by Crippen LogP contribution is 2.22. The van der Waals surface area contributed by atoms with Crippen molar-refractivity contribution in [2.24, 2.45) is 5.73 Å². The molecule has 142 valence electrons. The number of phenols is 2. The lowest BCUT2D eigenvalue weighted by Gasteiger charge is -2.11. The van der Waals surface area contributed by atoms with Gasteiger partial charge in [-0.15, -0.1) is 0 Å². The molecule has 5 nitrogen and oxygen atoms in total. The standard InChI is InChI=1S/C23H21NO4/c24-22(14-17-4-2-1-3-5-17)23(27)28-21-10-8-16(9-11-21)6-7-18-12-19(25)15-20(26)13-18/h1-13,15,22,25-26H,14,24H2/b7-6-/t22-/m0/s1. The van der Waals surface area contributed by atoms with Crippen LogP contribution in [0.1, 0.15) is 16.7 Å². The molecule has 0 aliphatic heterocycles. The van der Waals surface area contributed by atoms with Crippen LogP contribution in [0.5, 0.6) is 17.2 Å². The van der Waals surface area contributed by atoms with Crippen molar-refractivity contribution < 1.29 is 19.7 Å². The molecule has 3 rings (SSSR count). The minimum absolute atomic E-state index is 0.00579. The molecule has 3 aromatic carbocycles. The SMILES string of the molecule is N[C@@H](Cc1ccccc1)C(=O)Oc1ccc(/C=C\c2cc(O)cc(O)c2)cc1. The molecule has 0 spiro atoms. The number of aromatic hydroxyl groups is 2. The minimum atomic E-state index is -0.736. The van der Waals surface area contributed by atoms with E-state index in [1.54, 1.807) is 42.5 Å². The third-order valence-electron chi connectivity index (χ3n) is 4.09. The number of hydrogen-bond donors (Lipinski definition) is 3. The maximum atomic E-state index is 12.2. The zero-order chi connectivity index (χ0) is 19.9. The smallest absolute Gasteiger partial charge is 0.328 e. The molecular formula is C23H21NO4. The number of benzene rings is 3. The molecule has 0 unspecified atom stereocenters. The third kappa shape index (κ3) is 5.46. The van der Waals surface area contributed by atoms with Gasteiger partial charge in [0.15, 0.2) is 0 Å². The lowest BCUT2D eigenvalue weighted by Crippen LogP contribution is -2.36. The van der Waals surface area contributed by atoms with E-state index in [0.717, 1.165) is 11.1 Å². The summed E-state index contributed by atoms with van der Waals surface area (Å²) in [6, 6.07) is 20.1. The van der Waals surface area contributed by atoms with E-state index in [4.69, 9.17) is 10.5 Å². The van der Waals surface area contributed by atoms with Gasteiger partial charge in [0.2, 0.25) is 0 Å². The molecule has 0 saturated heterocycles. The predicted octanol–water partition coefficient (Wildman–Crippen LogP) is 3.74. The van der Waals surface area contributed by atoms with Crippen LogP contribution in [0.25, 0.3) is 12.2 Å². The van der Waals surface area contributed by atoms with Crippen molar-refractivity contribution >= 4 is 18.1 Å². The van der Waals surface area contributed by atoms with Gasteiger partial charge in [0.05, 0.1) is 0 Å². The molecule has 3 aromatic rings. The van der Waals surface area contributed by atoms with Crippen LogP contribution in [-0.2, 0) is 11.2 Å². The van der Waals surface area contributed by atoms with Gasteiger partial charge in [0.1, 0.15) is 23.3 Å². The summed E-state index contributed by atoms with van der Waals surface area (Å²) >= 11 is 0. The third-order valence-corrected chi connectivity index (χ3v) is 4.09. The van der Waals surface area contributed by atoms with E-state index in [-0.39, 0.29) is 11.5 Å². The number of carbonyl (C=O) groups is 1. The highest BCUT2D eigenvalue weighted by atomic mass is 16.5. The van der Waals surface area contributed by atoms with E-state index in [0.29, 0.717) is 17.7 Å². The summed E-state index contributed by atoms with van der Waals surface area (Å²) < 4.78 is 5.34. The molecule has 5 heteroatoms. The molecular weight excluding hydrogens is 354 g/mol. The second-order valence-electron chi connectivity index (χ2n) is 6.40. The lowest BCUT2D eigenvalue weighted by atomic mass is 10.1. The van der Waals surface area contributed by atoms with Crippen LogP contribution in [0.3, 0.4) is 0 Å². The number of ether oxygens (including phenoxy) is 1. The number of phenolic OH excluding ortho intramolecular Hbond substituents is 2. The maximum Gasteiger partial charge on any atom is 0.328 e. The average molecular weight is 375 g/mol. The van der Waals surface area contributed by atoms with Crippen molar-refractivity contribution in [2.45, 2.75) is 12.5 Å². The molecule has 0 bridgehead atoms. The highest BCUT2D eigenvalue weighted by Gasteiger charge is 2.16. The van der Waals surface area contributed by atoms with E-state index in [1.807, 2.05) is 36.4 Å². The van der Waals surface area contributed by atoms with Crippen molar-refractivity contribution in [3.8, 4) is 17.2 Å². The molecule has 4 N–H and O–H groups in total. The summed E-state index contributed by atoms with van der Waals surface area (Å²) in [7, 11) is 0. The number of esters is 1. The van der Waals surface area contributed by atoms with Crippen molar-refractivity contribution in [3.05, 3.63) is 89.5 Å². The van der Waals surface area contributed by atoms with Crippen LogP contribution in [-0.4, -0.2) is 22.2 Å². The highest BCUT2D eigenvalue weighted by molar-refractivity contribution is 5.78. The Kier molecular flexibility index (Phi) is 6.09. The van der Waals surface area contributed by atoms with Gasteiger partial charge < -0.3 is 20.7 Å². The van der Waals surface area contributed by atoms with E-state index >= 15 is 0 Å². The van der Waals surface area contributed by atoms with Gasteiger partial charge in [-0.3, -0.25) is 0 Å². The molecule has 0 saturated carbocycles. The van der Waals surface area contributed by atoms with Gasteiger partial charge >= 0.3 is 5.97 Å². The Balaban J connectivity index is 1.59. The van der Waals surface area contributed by atoms with Gasteiger partial charge in [-0.25, -0.2) is 4.79 Å². The van der Waals surface area contributed by atoms with Crippen molar-refractivity contribution in [2.75, 3.05) is 0 Å². The van der Waals surface area contributed by atoms with E-state index in [9.17, 15) is 15.0 Å². The monoisotopic (exact) mass is 375 g/mol. The fraction of sp³-hybridized carbons (Fsp3) is 0.0870. The Bertz CT molecular complexity index is 945. The van der Waals surface area contributed by atoms with Crippen LogP contribution in [0.15, 0.2) is 72.8 Å². The second kappa shape index (κ2) is 8.88. The summed E-state index contributed by atoms with van der Waals surface area (Å²) in [6.45, 7) is 0. The van der Waals surface area contributed by atoms with Crippen LogP contribution >= 0.6 is 0 Å². The zero-order valence-electron chi connectivity index (χ0n) is 15.2. The largest absolute Gasteiger partial charge is 0.508 e. The topological polar surface area (TPSA) is 92.8 Å². The van der Waals surface area contributed by atoms with Crippen molar-refractivity contribution in [1.82, 2.24) is 0 Å². The Hall–Kier alpha value is -3.57. The fourth-order valence-corrected chi connectivity index (χ4v) is 2.70. The molecule has 0 aliphatic rings. The summed E-state index contributed by atoms with van der Waals surface area (Å²) in [5.41, 5.74) is 8.45. The Morgan fingerprint density at radius 1 is 0.893 bits per heavy atom. The predicted molar refractivity (Wildman–Crippen MR) is 109 cm³/mol. The number of rotatable bonds is 6. The summed E-state index contributed by atoms with van der Waals surface area (Å²) in [5, 5.41) is 19.0. The van der Waals surface area contributed by atoms with Gasteiger partial charge in [-0.2, -0.15) is 0 Å². The van der Waals surface area contributed by atoms with Crippen LogP contribution in [0, 0.1) is 0 Å². The minimum Gasteiger partial charge on any atom is -0.508 e. The first kappa shape index (κ1) is 19.2. The fourth-order valence-electron chi connectivity index (χ4n) is 2.70. The molecule has 28 heavy (non-hydrogen) atoms. The van der Waals surface area contributed by atoms with Gasteiger partial charge in [-0.1, -0.05) is 54.6 Å². The van der Waals surface area contributed by atoms with E-state index in [2.05, 4.69) is 0 Å². The average Bonchev–Trinajstić information content (AvgIpc) is 2.67. The van der Waals surface area contributed by atoms with Gasteiger partial charge in [-0.05, 0) is 47.4 Å². The number of hydrogen-bond acceptors (Lipinski definition) is 5. The molecule has 1 atom stereocenters. The first-order chi connectivity index (χ1) is 13.5. The Morgan fingerprint density at radius 3 is 2.14 bits per heavy atom. The summed E-state index contributed by atoms with van der Waals surface area (Å²) in [5.74, 6) is -0.0782. The van der Waals surface area contributed by atoms with Gasteiger partial charge in [0, 0.05) is 6.07 Å². The Labute approximate surface area is 163 Å². The Morgan fingerprint density at radius 2 is 1.50 bits per heavy atom. The molecule has 0 fully saturated rings. The van der Waals surface area contributed by atoms with Crippen LogP contribution in [0.4, 0.5) is 0 Å². The second-order valence-corrected chi connectivity index (χ2v) is 6.40. The van der Waals surface area contributed by atoms with Crippen LogP contribution in [0.2, 0.25) is 0 Å². The van der Waals surface area contributed by atoms with Crippen LogP contribution < -0.4 is 10.5 Å². The lowest BCUT2D eigenvalue weighted by molar-refractivity contribution is -0.135. The van der Waals surface area contributed by atoms with E-state index < -0.39 is 12.0 Å². The summed E-state index contributed by atoms with van der Waals surface area (Å²) in [6.07, 6.45) is 3.99. The first-order valence-electron chi connectivity index (χ1n) is 8.82. The quantitative estimate of drug-likeness (QED) is 0.347. The molecule has 0 amide bonds.